The minimum absolute atomic E-state index is 0.0475. The molecule has 3 nitrogen and oxygen atoms in total. The van der Waals surface area contributed by atoms with Gasteiger partial charge in [0.2, 0.25) is 0 Å². The lowest BCUT2D eigenvalue weighted by atomic mass is 10.0. The number of hydrogen-bond acceptors (Lipinski definition) is 2. The van der Waals surface area contributed by atoms with Crippen LogP contribution in [0.25, 0.3) is 0 Å². The summed E-state index contributed by atoms with van der Waals surface area (Å²) in [6.07, 6.45) is -2.74. The van der Waals surface area contributed by atoms with E-state index in [1.165, 1.54) is 5.56 Å². The summed E-state index contributed by atoms with van der Waals surface area (Å²) in [4.78, 5) is 14.4. The molecule has 22 heavy (non-hydrogen) atoms. The van der Waals surface area contributed by atoms with Gasteiger partial charge < -0.3 is 4.90 Å². The van der Waals surface area contributed by atoms with Crippen LogP contribution < -0.4 is 0 Å². The predicted octanol–water partition coefficient (Wildman–Crippen LogP) is 3.14. The number of halogens is 4. The summed E-state index contributed by atoms with van der Waals surface area (Å²) in [5, 5.41) is 0. The van der Waals surface area contributed by atoms with Crippen LogP contribution in [0.3, 0.4) is 0 Å². The molecule has 2 aliphatic rings. The van der Waals surface area contributed by atoms with Gasteiger partial charge in [-0.3, -0.25) is 9.69 Å². The molecule has 0 radical (unpaired) electrons. The van der Waals surface area contributed by atoms with Crippen LogP contribution in [0.2, 0.25) is 0 Å². The fourth-order valence-electron chi connectivity index (χ4n) is 3.18. The summed E-state index contributed by atoms with van der Waals surface area (Å²) in [7, 11) is 0. The third-order valence-electron chi connectivity index (χ3n) is 4.52. The molecule has 7 heteroatoms. The number of carbonyl (C=O) groups is 1. The Hall–Kier alpha value is -1.08. The molecule has 1 aliphatic heterocycles. The molecule has 1 saturated heterocycles. The summed E-state index contributed by atoms with van der Waals surface area (Å²) in [6.45, 7) is 1.24. The van der Waals surface area contributed by atoms with Crippen molar-refractivity contribution in [2.24, 2.45) is 0 Å². The zero-order valence-corrected chi connectivity index (χ0v) is 13.5. The lowest BCUT2D eigenvalue weighted by molar-refractivity contribution is -0.187. The molecule has 1 amide bonds. The van der Waals surface area contributed by atoms with Crippen molar-refractivity contribution in [2.45, 2.75) is 24.6 Å². The highest BCUT2D eigenvalue weighted by molar-refractivity contribution is 9.10. The summed E-state index contributed by atoms with van der Waals surface area (Å²) < 4.78 is 38.4. The van der Waals surface area contributed by atoms with Crippen LogP contribution in [-0.4, -0.2) is 48.1 Å². The van der Waals surface area contributed by atoms with Gasteiger partial charge in [-0.05, 0) is 30.5 Å². The number of carbonyl (C=O) groups excluding carboxylic acids is 1. The molecule has 0 spiro atoms. The largest absolute Gasteiger partial charge is 0.471 e. The third kappa shape index (κ3) is 2.88. The van der Waals surface area contributed by atoms with Crippen LogP contribution in [-0.2, 0) is 10.3 Å². The first-order chi connectivity index (χ1) is 10.3. The van der Waals surface area contributed by atoms with E-state index in [1.54, 1.807) is 0 Å². The van der Waals surface area contributed by atoms with Gasteiger partial charge in [0.1, 0.15) is 0 Å². The lowest BCUT2D eigenvalue weighted by Gasteiger charge is -2.40. The van der Waals surface area contributed by atoms with Gasteiger partial charge in [-0.25, -0.2) is 0 Å². The summed E-state index contributed by atoms with van der Waals surface area (Å²) in [5.41, 5.74) is 1.15. The van der Waals surface area contributed by atoms with Crippen LogP contribution in [0.4, 0.5) is 13.2 Å². The smallest absolute Gasteiger partial charge is 0.332 e. The highest BCUT2D eigenvalue weighted by Gasteiger charge is 2.51. The van der Waals surface area contributed by atoms with Crippen molar-refractivity contribution in [1.29, 1.82) is 0 Å². The zero-order valence-electron chi connectivity index (χ0n) is 11.9. The number of piperazine rings is 1. The summed E-state index contributed by atoms with van der Waals surface area (Å²) in [5.74, 6) is -1.72. The maximum atomic E-state index is 12.5. The second kappa shape index (κ2) is 5.53. The Labute approximate surface area is 135 Å². The minimum Gasteiger partial charge on any atom is -0.332 e. The quantitative estimate of drug-likeness (QED) is 0.791. The Bertz CT molecular complexity index is 561. The van der Waals surface area contributed by atoms with Gasteiger partial charge in [0.05, 0.1) is 0 Å². The molecule has 0 atom stereocenters. The second-order valence-corrected chi connectivity index (χ2v) is 6.73. The van der Waals surface area contributed by atoms with Crippen LogP contribution in [0.5, 0.6) is 0 Å². The van der Waals surface area contributed by atoms with Gasteiger partial charge in [-0.15, -0.1) is 0 Å². The Morgan fingerprint density at radius 2 is 1.59 bits per heavy atom. The molecular weight excluding hydrogens is 361 g/mol. The topological polar surface area (TPSA) is 23.6 Å². The first-order valence-electron chi connectivity index (χ1n) is 7.20. The molecule has 1 saturated carbocycles. The standard InChI is InChI=1S/C15H16BrF3N2O/c16-12-3-1-11(2-4-12)14(5-6-14)21-9-7-20(8-10-21)13(22)15(17,18)19/h1-4H,5-10H2. The number of rotatable bonds is 2. The van der Waals surface area contributed by atoms with E-state index in [2.05, 4.69) is 33.0 Å². The molecule has 0 bridgehead atoms. The van der Waals surface area contributed by atoms with Gasteiger partial charge >= 0.3 is 12.1 Å². The van der Waals surface area contributed by atoms with E-state index >= 15 is 0 Å². The average Bonchev–Trinajstić information content (AvgIpc) is 3.28. The van der Waals surface area contributed by atoms with Crippen LogP contribution in [0.1, 0.15) is 18.4 Å². The van der Waals surface area contributed by atoms with E-state index in [0.717, 1.165) is 22.2 Å². The van der Waals surface area contributed by atoms with E-state index in [4.69, 9.17) is 0 Å². The first kappa shape index (κ1) is 15.8. The van der Waals surface area contributed by atoms with E-state index < -0.39 is 12.1 Å². The zero-order chi connectivity index (χ0) is 16.0. The molecule has 120 valence electrons. The van der Waals surface area contributed by atoms with Gasteiger partial charge in [0.15, 0.2) is 0 Å². The molecule has 2 fully saturated rings. The third-order valence-corrected chi connectivity index (χ3v) is 5.05. The Balaban J connectivity index is 1.67. The Kier molecular flexibility index (Phi) is 3.97. The molecule has 3 rings (SSSR count). The fourth-order valence-corrected chi connectivity index (χ4v) is 3.45. The van der Waals surface area contributed by atoms with Crippen molar-refractivity contribution in [3.05, 3.63) is 34.3 Å². The predicted molar refractivity (Wildman–Crippen MR) is 79.3 cm³/mol. The summed E-state index contributed by atoms with van der Waals surface area (Å²) >= 11 is 3.41. The van der Waals surface area contributed by atoms with E-state index in [-0.39, 0.29) is 18.6 Å². The van der Waals surface area contributed by atoms with Crippen molar-refractivity contribution in [3.8, 4) is 0 Å². The normalized spacial score (nSPS) is 21.7. The van der Waals surface area contributed by atoms with Gasteiger partial charge in [-0.1, -0.05) is 28.1 Å². The van der Waals surface area contributed by atoms with Crippen LogP contribution in [0.15, 0.2) is 28.7 Å². The Morgan fingerprint density at radius 3 is 2.05 bits per heavy atom. The molecule has 0 unspecified atom stereocenters. The minimum atomic E-state index is -4.77. The van der Waals surface area contributed by atoms with Crippen molar-refractivity contribution in [2.75, 3.05) is 26.2 Å². The van der Waals surface area contributed by atoms with Crippen LogP contribution in [0, 0.1) is 0 Å². The average molecular weight is 377 g/mol. The maximum absolute atomic E-state index is 12.5. The Morgan fingerprint density at radius 1 is 1.05 bits per heavy atom. The number of benzene rings is 1. The number of amides is 1. The molecule has 0 aromatic heterocycles. The van der Waals surface area contributed by atoms with Crippen molar-refractivity contribution in [1.82, 2.24) is 9.80 Å². The number of nitrogens with zero attached hydrogens (tertiary/aromatic N) is 2. The van der Waals surface area contributed by atoms with Crippen molar-refractivity contribution < 1.29 is 18.0 Å². The monoisotopic (exact) mass is 376 g/mol. The number of alkyl halides is 3. The van der Waals surface area contributed by atoms with Crippen molar-refractivity contribution >= 4 is 21.8 Å². The maximum Gasteiger partial charge on any atom is 0.471 e. The van der Waals surface area contributed by atoms with Crippen molar-refractivity contribution in [3.63, 3.8) is 0 Å². The van der Waals surface area contributed by atoms with Gasteiger partial charge in [0, 0.05) is 36.2 Å². The second-order valence-electron chi connectivity index (χ2n) is 5.82. The SMILES string of the molecule is O=C(N1CCN(C2(c3ccc(Br)cc3)CC2)CC1)C(F)(F)F. The first-order valence-corrected chi connectivity index (χ1v) is 7.99. The number of hydrogen-bond donors (Lipinski definition) is 0. The van der Waals surface area contributed by atoms with Gasteiger partial charge in [-0.2, -0.15) is 13.2 Å². The lowest BCUT2D eigenvalue weighted by Crippen LogP contribution is -2.54. The fraction of sp³-hybridized carbons (Fsp3) is 0.533. The highest BCUT2D eigenvalue weighted by atomic mass is 79.9. The molecule has 1 aromatic carbocycles. The van der Waals surface area contributed by atoms with E-state index in [1.807, 2.05) is 12.1 Å². The van der Waals surface area contributed by atoms with Crippen LogP contribution >= 0.6 is 15.9 Å². The molecule has 1 aromatic rings. The van der Waals surface area contributed by atoms with Gasteiger partial charge in [0.25, 0.3) is 0 Å². The summed E-state index contributed by atoms with van der Waals surface area (Å²) in [6, 6.07) is 8.09. The highest BCUT2D eigenvalue weighted by Crippen LogP contribution is 2.51. The van der Waals surface area contributed by atoms with E-state index in [0.29, 0.717) is 13.1 Å². The molecule has 0 N–H and O–H groups in total. The molecule has 1 aliphatic carbocycles. The van der Waals surface area contributed by atoms with E-state index in [9.17, 15) is 18.0 Å². The molecule has 1 heterocycles. The molecular formula is C15H16BrF3N2O.